The monoisotopic (exact) mass is 350 g/mol. The third-order valence-corrected chi connectivity index (χ3v) is 4.34. The summed E-state index contributed by atoms with van der Waals surface area (Å²) in [5, 5.41) is 3.75. The van der Waals surface area contributed by atoms with Crippen LogP contribution in [0.15, 0.2) is 60.8 Å². The topological polar surface area (TPSA) is 42.0 Å². The smallest absolute Gasteiger partial charge is 0.253 e. The summed E-state index contributed by atoms with van der Waals surface area (Å²) < 4.78 is 13.8. The van der Waals surface area contributed by atoms with Crippen LogP contribution in [0.1, 0.15) is 36.2 Å². The molecule has 0 bridgehead atoms. The van der Waals surface area contributed by atoms with E-state index >= 15 is 0 Å². The molecule has 0 unspecified atom stereocenters. The van der Waals surface area contributed by atoms with Crippen LogP contribution >= 0.6 is 0 Å². The molecule has 0 aliphatic heterocycles. The lowest BCUT2D eigenvalue weighted by Gasteiger charge is -2.21. The number of para-hydroxylation sites is 1. The van der Waals surface area contributed by atoms with E-state index in [2.05, 4.69) is 36.3 Å². The number of pyridine rings is 1. The van der Waals surface area contributed by atoms with E-state index in [0.717, 1.165) is 12.8 Å². The molecule has 0 saturated heterocycles. The number of halogens is 1. The zero-order valence-corrected chi connectivity index (χ0v) is 15.1. The highest BCUT2D eigenvalue weighted by Gasteiger charge is 2.17. The third-order valence-electron chi connectivity index (χ3n) is 4.34. The number of carbonyl (C=O) groups excluding carboxylic acids is 1. The van der Waals surface area contributed by atoms with Gasteiger partial charge in [-0.25, -0.2) is 4.39 Å². The number of benzene rings is 2. The molecule has 1 amide bonds. The number of carbonyl (C=O) groups is 1. The van der Waals surface area contributed by atoms with Gasteiger partial charge < -0.3 is 5.32 Å². The molecule has 26 heavy (non-hydrogen) atoms. The van der Waals surface area contributed by atoms with Crippen molar-refractivity contribution in [1.29, 1.82) is 0 Å². The van der Waals surface area contributed by atoms with Crippen molar-refractivity contribution in [3.05, 3.63) is 77.7 Å². The van der Waals surface area contributed by atoms with Gasteiger partial charge in [0.2, 0.25) is 0 Å². The number of amides is 1. The van der Waals surface area contributed by atoms with E-state index in [9.17, 15) is 9.18 Å². The van der Waals surface area contributed by atoms with E-state index in [0.29, 0.717) is 16.9 Å². The van der Waals surface area contributed by atoms with Crippen LogP contribution in [-0.2, 0) is 6.42 Å². The Morgan fingerprint density at radius 2 is 1.88 bits per heavy atom. The molecule has 1 heterocycles. The summed E-state index contributed by atoms with van der Waals surface area (Å²) in [5.74, 6) is -0.0886. The molecule has 3 rings (SSSR count). The van der Waals surface area contributed by atoms with E-state index in [4.69, 9.17) is 0 Å². The first kappa shape index (κ1) is 18.1. The minimum absolute atomic E-state index is 0.0353. The maximum Gasteiger partial charge on any atom is 0.253 e. The molecule has 3 nitrogen and oxygen atoms in total. The van der Waals surface area contributed by atoms with E-state index in [1.54, 1.807) is 18.2 Å². The van der Waals surface area contributed by atoms with Gasteiger partial charge in [0, 0.05) is 17.6 Å². The van der Waals surface area contributed by atoms with Crippen LogP contribution in [0, 0.1) is 11.7 Å². The Morgan fingerprint density at radius 1 is 1.12 bits per heavy atom. The lowest BCUT2D eigenvalue weighted by Crippen LogP contribution is -2.37. The molecule has 3 aromatic rings. The fourth-order valence-electron chi connectivity index (χ4n) is 3.18. The van der Waals surface area contributed by atoms with Crippen LogP contribution < -0.4 is 5.32 Å². The van der Waals surface area contributed by atoms with Crippen molar-refractivity contribution >= 4 is 16.8 Å². The maximum absolute atomic E-state index is 13.8. The number of hydrogen-bond acceptors (Lipinski definition) is 2. The van der Waals surface area contributed by atoms with Gasteiger partial charge in [-0.2, -0.15) is 0 Å². The van der Waals surface area contributed by atoms with E-state index < -0.39 is 0 Å². The minimum Gasteiger partial charge on any atom is -0.349 e. The lowest BCUT2D eigenvalue weighted by molar-refractivity contribution is 0.0932. The van der Waals surface area contributed by atoms with Gasteiger partial charge in [-0.15, -0.1) is 0 Å². The van der Waals surface area contributed by atoms with Gasteiger partial charge in [0.05, 0.1) is 5.56 Å². The summed E-state index contributed by atoms with van der Waals surface area (Å²) in [6, 6.07) is 16.6. The quantitative estimate of drug-likeness (QED) is 0.696. The van der Waals surface area contributed by atoms with Gasteiger partial charge >= 0.3 is 0 Å². The molecule has 0 aliphatic carbocycles. The predicted molar refractivity (Wildman–Crippen MR) is 103 cm³/mol. The second-order valence-corrected chi connectivity index (χ2v) is 7.03. The van der Waals surface area contributed by atoms with Crippen molar-refractivity contribution in [1.82, 2.24) is 10.3 Å². The summed E-state index contributed by atoms with van der Waals surface area (Å²) in [5.41, 5.74) is 1.93. The van der Waals surface area contributed by atoms with Crippen LogP contribution in [-0.4, -0.2) is 16.9 Å². The number of hydrogen-bond donors (Lipinski definition) is 1. The van der Waals surface area contributed by atoms with Gasteiger partial charge in [0.1, 0.15) is 11.3 Å². The molecular formula is C22H23FN2O. The highest BCUT2D eigenvalue weighted by Crippen LogP contribution is 2.17. The fourth-order valence-corrected chi connectivity index (χ4v) is 3.18. The summed E-state index contributed by atoms with van der Waals surface area (Å²) in [4.78, 5) is 16.8. The van der Waals surface area contributed by atoms with Crippen molar-refractivity contribution in [2.24, 2.45) is 5.92 Å². The number of nitrogens with zero attached hydrogens (tertiary/aromatic N) is 1. The Hall–Kier alpha value is -2.75. The molecule has 134 valence electrons. The number of aromatic nitrogens is 1. The molecule has 0 saturated carbocycles. The number of fused-ring (bicyclic) bond motifs is 1. The van der Waals surface area contributed by atoms with Crippen molar-refractivity contribution in [3.8, 4) is 0 Å². The van der Waals surface area contributed by atoms with Gasteiger partial charge in [-0.05, 0) is 36.5 Å². The van der Waals surface area contributed by atoms with E-state index in [-0.39, 0.29) is 23.3 Å². The van der Waals surface area contributed by atoms with Crippen LogP contribution in [0.25, 0.3) is 10.9 Å². The normalized spacial score (nSPS) is 12.3. The zero-order valence-electron chi connectivity index (χ0n) is 15.1. The second-order valence-electron chi connectivity index (χ2n) is 7.03. The first-order valence-corrected chi connectivity index (χ1v) is 8.92. The van der Waals surface area contributed by atoms with Crippen molar-refractivity contribution in [2.75, 3.05) is 0 Å². The second kappa shape index (κ2) is 8.09. The highest BCUT2D eigenvalue weighted by atomic mass is 19.1. The van der Waals surface area contributed by atoms with Crippen LogP contribution in [0.4, 0.5) is 4.39 Å². The van der Waals surface area contributed by atoms with Crippen LogP contribution in [0.3, 0.4) is 0 Å². The lowest BCUT2D eigenvalue weighted by atomic mass is 9.97. The fraction of sp³-hybridized carbons (Fsp3) is 0.273. The van der Waals surface area contributed by atoms with Gasteiger partial charge in [0.15, 0.2) is 0 Å². The average molecular weight is 350 g/mol. The molecule has 1 N–H and O–H groups in total. The zero-order chi connectivity index (χ0) is 18.5. The first-order chi connectivity index (χ1) is 12.5. The summed E-state index contributed by atoms with van der Waals surface area (Å²) in [6.45, 7) is 4.29. The van der Waals surface area contributed by atoms with Gasteiger partial charge in [0.25, 0.3) is 5.91 Å². The summed E-state index contributed by atoms with van der Waals surface area (Å²) in [6.07, 6.45) is 3.10. The van der Waals surface area contributed by atoms with E-state index in [1.165, 1.54) is 17.8 Å². The highest BCUT2D eigenvalue weighted by molar-refractivity contribution is 5.97. The van der Waals surface area contributed by atoms with Gasteiger partial charge in [-0.1, -0.05) is 56.3 Å². The molecule has 4 heteroatoms. The molecule has 1 atom stereocenters. The largest absolute Gasteiger partial charge is 0.349 e. The molecule has 0 aliphatic rings. The summed E-state index contributed by atoms with van der Waals surface area (Å²) >= 11 is 0. The van der Waals surface area contributed by atoms with Crippen LogP contribution in [0.5, 0.6) is 0 Å². The SMILES string of the molecule is CC(C)C[C@H](Cc1ccccc1)NC(=O)c1cnc2c(F)cccc2c1. The standard InChI is InChI=1S/C22H23FN2O/c1-15(2)11-19(12-16-7-4-3-5-8-16)25-22(26)18-13-17-9-6-10-20(23)21(17)24-14-18/h3-10,13-15,19H,11-12H2,1-2H3,(H,25,26)/t19-/m1/s1. The Balaban J connectivity index is 1.78. The average Bonchev–Trinajstić information content (AvgIpc) is 2.62. The molecule has 2 aromatic carbocycles. The predicted octanol–water partition coefficient (Wildman–Crippen LogP) is 4.76. The maximum atomic E-state index is 13.8. The first-order valence-electron chi connectivity index (χ1n) is 8.92. The Kier molecular flexibility index (Phi) is 5.61. The molecule has 0 fully saturated rings. The Bertz CT molecular complexity index is 893. The molecule has 1 aromatic heterocycles. The Morgan fingerprint density at radius 3 is 2.62 bits per heavy atom. The van der Waals surface area contributed by atoms with E-state index in [1.807, 2.05) is 18.2 Å². The number of rotatable bonds is 6. The summed E-state index contributed by atoms with van der Waals surface area (Å²) in [7, 11) is 0. The van der Waals surface area contributed by atoms with Crippen molar-refractivity contribution in [3.63, 3.8) is 0 Å². The minimum atomic E-state index is -0.378. The molecule has 0 radical (unpaired) electrons. The molecule has 0 spiro atoms. The van der Waals surface area contributed by atoms with Gasteiger partial charge in [-0.3, -0.25) is 9.78 Å². The molecular weight excluding hydrogens is 327 g/mol. The number of nitrogens with one attached hydrogen (secondary N) is 1. The third kappa shape index (κ3) is 4.45. The Labute approximate surface area is 153 Å². The van der Waals surface area contributed by atoms with Crippen molar-refractivity contribution in [2.45, 2.75) is 32.7 Å². The van der Waals surface area contributed by atoms with Crippen LogP contribution in [0.2, 0.25) is 0 Å². The van der Waals surface area contributed by atoms with Crippen molar-refractivity contribution < 1.29 is 9.18 Å².